The third kappa shape index (κ3) is 5.87. The summed E-state index contributed by atoms with van der Waals surface area (Å²) in [5, 5.41) is 5.60. The van der Waals surface area contributed by atoms with Gasteiger partial charge in [-0.15, -0.1) is 0 Å². The Bertz CT molecular complexity index is 1590. The molecule has 1 aliphatic carbocycles. The van der Waals surface area contributed by atoms with Gasteiger partial charge in [-0.05, 0) is 55.6 Å². The van der Waals surface area contributed by atoms with Gasteiger partial charge in [0.25, 0.3) is 12.3 Å². The van der Waals surface area contributed by atoms with Crippen LogP contribution in [0.3, 0.4) is 0 Å². The average molecular weight is 560 g/mol. The summed E-state index contributed by atoms with van der Waals surface area (Å²) in [6, 6.07) is 7.69. The molecule has 41 heavy (non-hydrogen) atoms. The minimum Gasteiger partial charge on any atom is -0.354 e. The van der Waals surface area contributed by atoms with E-state index in [1.165, 1.54) is 6.20 Å². The van der Waals surface area contributed by atoms with Crippen molar-refractivity contribution in [3.05, 3.63) is 77.6 Å². The van der Waals surface area contributed by atoms with Gasteiger partial charge in [0.1, 0.15) is 17.2 Å². The molecule has 0 atom stereocenters. The van der Waals surface area contributed by atoms with Crippen molar-refractivity contribution < 1.29 is 13.6 Å². The van der Waals surface area contributed by atoms with E-state index < -0.39 is 18.9 Å². The topological polar surface area (TPSA) is 104 Å². The number of nitrogens with one attached hydrogen (secondary N) is 2. The van der Waals surface area contributed by atoms with Crippen molar-refractivity contribution in [1.29, 1.82) is 0 Å². The lowest BCUT2D eigenvalue weighted by atomic mass is 9.99. The van der Waals surface area contributed by atoms with Crippen LogP contribution in [0, 0.1) is 0 Å². The van der Waals surface area contributed by atoms with Crippen molar-refractivity contribution in [2.75, 3.05) is 50.0 Å². The van der Waals surface area contributed by atoms with Gasteiger partial charge < -0.3 is 20.4 Å². The summed E-state index contributed by atoms with van der Waals surface area (Å²) in [6.07, 6.45) is 8.95. The zero-order valence-corrected chi connectivity index (χ0v) is 22.7. The molecular formula is C29H31F2N9O. The number of alkyl halides is 2. The highest BCUT2D eigenvalue weighted by molar-refractivity contribution is 5.93. The second-order valence-corrected chi connectivity index (χ2v) is 10.3. The number of fused-ring (bicyclic) bond motifs is 2. The second kappa shape index (κ2) is 11.6. The molecule has 1 fully saturated rings. The fourth-order valence-corrected chi connectivity index (χ4v) is 5.19. The number of piperazine rings is 1. The average Bonchev–Trinajstić information content (AvgIpc) is 3.29. The Morgan fingerprint density at radius 1 is 1.07 bits per heavy atom. The predicted octanol–water partition coefficient (Wildman–Crippen LogP) is 3.78. The number of anilines is 3. The van der Waals surface area contributed by atoms with Crippen LogP contribution in [0.25, 0.3) is 11.2 Å². The third-order valence-electron chi connectivity index (χ3n) is 7.42. The lowest BCUT2D eigenvalue weighted by Gasteiger charge is -2.33. The number of carbonyl (C=O) groups excluding carboxylic acids is 1. The van der Waals surface area contributed by atoms with Crippen LogP contribution in [0.5, 0.6) is 0 Å². The third-order valence-corrected chi connectivity index (χ3v) is 7.42. The number of carbonyl (C=O) groups is 1. The summed E-state index contributed by atoms with van der Waals surface area (Å²) in [6.45, 7) is 3.16. The fraction of sp³-hybridized carbons (Fsp3) is 0.345. The van der Waals surface area contributed by atoms with Crippen LogP contribution in [-0.2, 0) is 6.42 Å². The molecule has 6 rings (SSSR count). The van der Waals surface area contributed by atoms with Crippen LogP contribution in [0.4, 0.5) is 26.2 Å². The Morgan fingerprint density at radius 3 is 2.76 bits per heavy atom. The minimum atomic E-state index is -2.63. The standard InChI is InChI=1S/C29H31F2N9O/c1-38-10-12-39(13-11-38)27-14-20(8-9-32-27)36-29-35-15-22-21(4-2-3-5-23(22)37-29)19-6-7-26-33-16-24(40(26)18-19)28(41)34-17-25(30)31/h4,6-9,14-16,18,25H,2-3,5,10-13,17H2,1H3,(H,34,41)(H,32,35,36,37). The van der Waals surface area contributed by atoms with Gasteiger partial charge in [-0.3, -0.25) is 9.20 Å². The SMILES string of the molecule is CN1CCN(c2cc(Nc3ncc4c(n3)CCCC=C4c3ccc4ncc(C(=O)NCC(F)F)n4c3)ccn2)CC1. The van der Waals surface area contributed by atoms with Crippen molar-refractivity contribution >= 4 is 34.6 Å². The number of amides is 1. The van der Waals surface area contributed by atoms with E-state index in [-0.39, 0.29) is 5.69 Å². The minimum absolute atomic E-state index is 0.195. The molecule has 0 bridgehead atoms. The summed E-state index contributed by atoms with van der Waals surface area (Å²) in [7, 11) is 2.13. The van der Waals surface area contributed by atoms with E-state index in [4.69, 9.17) is 4.98 Å². The first-order chi connectivity index (χ1) is 19.9. The second-order valence-electron chi connectivity index (χ2n) is 10.3. The van der Waals surface area contributed by atoms with Crippen molar-refractivity contribution in [3.8, 4) is 0 Å². The number of pyridine rings is 2. The molecule has 10 nitrogen and oxygen atoms in total. The molecule has 0 radical (unpaired) electrons. The highest BCUT2D eigenvalue weighted by atomic mass is 19.3. The van der Waals surface area contributed by atoms with Crippen LogP contribution in [0.1, 0.15) is 40.2 Å². The lowest BCUT2D eigenvalue weighted by Crippen LogP contribution is -2.44. The summed E-state index contributed by atoms with van der Waals surface area (Å²) in [4.78, 5) is 35.5. The molecule has 1 amide bonds. The van der Waals surface area contributed by atoms with E-state index in [0.717, 1.165) is 79.3 Å². The molecule has 0 unspecified atom stereocenters. The lowest BCUT2D eigenvalue weighted by molar-refractivity contribution is 0.0886. The number of rotatable bonds is 7. The number of allylic oxidation sites excluding steroid dienone is 1. The number of nitrogens with zero attached hydrogens (tertiary/aromatic N) is 7. The van der Waals surface area contributed by atoms with Gasteiger partial charge in [0.05, 0.1) is 18.4 Å². The Labute approximate surface area is 236 Å². The first kappa shape index (κ1) is 26.8. The summed E-state index contributed by atoms with van der Waals surface area (Å²) in [5.41, 5.74) is 5.29. The van der Waals surface area contributed by atoms with E-state index in [1.54, 1.807) is 10.6 Å². The molecule has 0 spiro atoms. The number of hydrogen-bond acceptors (Lipinski definition) is 8. The highest BCUT2D eigenvalue weighted by Crippen LogP contribution is 2.31. The van der Waals surface area contributed by atoms with Gasteiger partial charge in [0.15, 0.2) is 0 Å². The van der Waals surface area contributed by atoms with E-state index in [0.29, 0.717) is 11.6 Å². The van der Waals surface area contributed by atoms with E-state index >= 15 is 0 Å². The largest absolute Gasteiger partial charge is 0.354 e. The number of likely N-dealkylation sites (N-methyl/N-ethyl adjacent to an activating group) is 1. The molecule has 212 valence electrons. The molecule has 0 saturated carbocycles. The number of imidazole rings is 1. The molecule has 12 heteroatoms. The van der Waals surface area contributed by atoms with Crippen molar-refractivity contribution in [2.45, 2.75) is 25.7 Å². The van der Waals surface area contributed by atoms with E-state index in [2.05, 4.69) is 48.5 Å². The molecule has 4 aromatic rings. The normalized spacial score (nSPS) is 15.9. The zero-order valence-electron chi connectivity index (χ0n) is 22.7. The predicted molar refractivity (Wildman–Crippen MR) is 153 cm³/mol. The highest BCUT2D eigenvalue weighted by Gasteiger charge is 2.20. The summed E-state index contributed by atoms with van der Waals surface area (Å²) < 4.78 is 26.9. The molecule has 1 saturated heterocycles. The Hall–Kier alpha value is -4.45. The van der Waals surface area contributed by atoms with E-state index in [9.17, 15) is 13.6 Å². The molecular weight excluding hydrogens is 528 g/mol. The van der Waals surface area contributed by atoms with Crippen LogP contribution >= 0.6 is 0 Å². The van der Waals surface area contributed by atoms with Gasteiger partial charge in [0.2, 0.25) is 5.95 Å². The number of aromatic nitrogens is 5. The summed E-state index contributed by atoms with van der Waals surface area (Å²) >= 11 is 0. The smallest absolute Gasteiger partial charge is 0.270 e. The van der Waals surface area contributed by atoms with Crippen molar-refractivity contribution in [3.63, 3.8) is 0 Å². The molecule has 1 aliphatic heterocycles. The van der Waals surface area contributed by atoms with Gasteiger partial charge in [0, 0.05) is 62.1 Å². The monoisotopic (exact) mass is 559 g/mol. The molecule has 5 heterocycles. The van der Waals surface area contributed by atoms with Gasteiger partial charge in [-0.1, -0.05) is 6.08 Å². The molecule has 4 aromatic heterocycles. The number of halogens is 2. The maximum Gasteiger partial charge on any atom is 0.270 e. The Kier molecular flexibility index (Phi) is 7.55. The van der Waals surface area contributed by atoms with Crippen LogP contribution in [0.15, 0.2) is 55.1 Å². The maximum atomic E-state index is 12.6. The van der Waals surface area contributed by atoms with Crippen molar-refractivity contribution in [1.82, 2.24) is 34.6 Å². The van der Waals surface area contributed by atoms with Crippen molar-refractivity contribution in [2.24, 2.45) is 0 Å². The molecule has 0 aromatic carbocycles. The zero-order chi connectivity index (χ0) is 28.3. The Morgan fingerprint density at radius 2 is 1.93 bits per heavy atom. The molecule has 2 aliphatic rings. The van der Waals surface area contributed by atoms with Crippen LogP contribution < -0.4 is 15.5 Å². The number of hydrogen-bond donors (Lipinski definition) is 2. The van der Waals surface area contributed by atoms with Crippen LogP contribution in [-0.4, -0.2) is 81.3 Å². The fourth-order valence-electron chi connectivity index (χ4n) is 5.19. The first-order valence-corrected chi connectivity index (χ1v) is 13.7. The summed E-state index contributed by atoms with van der Waals surface area (Å²) in [5.74, 6) is 0.847. The quantitative estimate of drug-likeness (QED) is 0.353. The van der Waals surface area contributed by atoms with Gasteiger partial charge >= 0.3 is 0 Å². The van der Waals surface area contributed by atoms with Gasteiger partial charge in [-0.2, -0.15) is 0 Å². The Balaban J connectivity index is 1.25. The maximum absolute atomic E-state index is 12.6. The van der Waals surface area contributed by atoms with E-state index in [1.807, 2.05) is 36.7 Å². The number of aryl methyl sites for hydroxylation is 1. The first-order valence-electron chi connectivity index (χ1n) is 13.7. The molecule has 2 N–H and O–H groups in total. The van der Waals surface area contributed by atoms with Gasteiger partial charge in [-0.25, -0.2) is 28.7 Å². The van der Waals surface area contributed by atoms with Crippen LogP contribution in [0.2, 0.25) is 0 Å².